The summed E-state index contributed by atoms with van der Waals surface area (Å²) in [5.41, 5.74) is 1.99. The van der Waals surface area contributed by atoms with Crippen LogP contribution in [0.4, 0.5) is 5.69 Å². The van der Waals surface area contributed by atoms with Crippen LogP contribution in [0, 0.1) is 0 Å². The Morgan fingerprint density at radius 3 is 2.60 bits per heavy atom. The smallest absolute Gasteiger partial charge is 0.311 e. The van der Waals surface area contributed by atoms with Crippen molar-refractivity contribution in [2.45, 2.75) is 24.3 Å². The van der Waals surface area contributed by atoms with E-state index in [4.69, 9.17) is 4.74 Å². The molecule has 1 heterocycles. The molecule has 2 N–H and O–H groups in total. The first-order valence-corrected chi connectivity index (χ1v) is 10.7. The van der Waals surface area contributed by atoms with Crippen LogP contribution in [0.1, 0.15) is 12.5 Å². The Kier molecular flexibility index (Phi) is 6.23. The lowest BCUT2D eigenvalue weighted by Gasteiger charge is -2.15. The highest BCUT2D eigenvalue weighted by Gasteiger charge is 2.21. The second-order valence-corrected chi connectivity index (χ2v) is 9.12. The largest absolute Gasteiger partial charge is 0.452 e. The highest BCUT2D eigenvalue weighted by Crippen LogP contribution is 2.20. The fraction of sp³-hybridized carbons (Fsp3) is 0.238. The molecule has 3 rings (SSSR count). The van der Waals surface area contributed by atoms with Gasteiger partial charge in [0.1, 0.15) is 0 Å². The van der Waals surface area contributed by atoms with Crippen molar-refractivity contribution in [3.63, 3.8) is 0 Å². The SMILES string of the molecule is CC(OC(=O)Cc1c[nH]c2ccccc12)C(=O)Nc1cccc(S(=O)(=O)N(C)C)c1. The molecule has 0 spiro atoms. The molecule has 0 aliphatic carbocycles. The maximum atomic E-state index is 12.4. The molecule has 0 bridgehead atoms. The second-order valence-electron chi connectivity index (χ2n) is 6.97. The highest BCUT2D eigenvalue weighted by molar-refractivity contribution is 7.89. The van der Waals surface area contributed by atoms with E-state index in [9.17, 15) is 18.0 Å². The van der Waals surface area contributed by atoms with E-state index < -0.39 is 28.0 Å². The van der Waals surface area contributed by atoms with Crippen molar-refractivity contribution in [3.05, 3.63) is 60.3 Å². The minimum atomic E-state index is -3.63. The number of amides is 1. The molecule has 1 amide bonds. The van der Waals surface area contributed by atoms with Gasteiger partial charge in [-0.3, -0.25) is 9.59 Å². The van der Waals surface area contributed by atoms with Crippen LogP contribution in [0.2, 0.25) is 0 Å². The van der Waals surface area contributed by atoms with Crippen molar-refractivity contribution < 1.29 is 22.7 Å². The summed E-state index contributed by atoms with van der Waals surface area (Å²) in [5.74, 6) is -1.09. The predicted molar refractivity (Wildman–Crippen MR) is 114 cm³/mol. The number of nitrogens with zero attached hydrogens (tertiary/aromatic N) is 1. The van der Waals surface area contributed by atoms with Gasteiger partial charge in [0, 0.05) is 36.9 Å². The summed E-state index contributed by atoms with van der Waals surface area (Å²) in [6.45, 7) is 1.46. The van der Waals surface area contributed by atoms with Gasteiger partial charge in [-0.15, -0.1) is 0 Å². The number of carbonyl (C=O) groups excluding carboxylic acids is 2. The lowest BCUT2D eigenvalue weighted by atomic mass is 10.1. The number of anilines is 1. The average molecular weight is 429 g/mol. The maximum absolute atomic E-state index is 12.4. The molecule has 30 heavy (non-hydrogen) atoms. The molecule has 1 unspecified atom stereocenters. The number of nitrogens with one attached hydrogen (secondary N) is 2. The highest BCUT2D eigenvalue weighted by atomic mass is 32.2. The van der Waals surface area contributed by atoms with E-state index in [0.29, 0.717) is 5.69 Å². The first-order valence-electron chi connectivity index (χ1n) is 9.26. The lowest BCUT2D eigenvalue weighted by molar-refractivity contribution is -0.152. The van der Waals surface area contributed by atoms with Gasteiger partial charge in [-0.1, -0.05) is 24.3 Å². The summed E-state index contributed by atoms with van der Waals surface area (Å²) in [6.07, 6.45) is 0.725. The predicted octanol–water partition coefficient (Wildman–Crippen LogP) is 2.53. The Morgan fingerprint density at radius 1 is 1.13 bits per heavy atom. The van der Waals surface area contributed by atoms with Crippen molar-refractivity contribution in [1.82, 2.24) is 9.29 Å². The van der Waals surface area contributed by atoms with Gasteiger partial charge in [0.2, 0.25) is 10.0 Å². The third kappa shape index (κ3) is 4.69. The van der Waals surface area contributed by atoms with Crippen molar-refractivity contribution >= 4 is 38.5 Å². The fourth-order valence-corrected chi connectivity index (χ4v) is 3.86. The normalized spacial score (nSPS) is 12.7. The zero-order valence-corrected chi connectivity index (χ0v) is 17.7. The lowest BCUT2D eigenvalue weighted by Crippen LogP contribution is -2.30. The zero-order valence-electron chi connectivity index (χ0n) is 16.9. The van der Waals surface area contributed by atoms with Crippen LogP contribution in [0.15, 0.2) is 59.6 Å². The Hall–Kier alpha value is -3.17. The van der Waals surface area contributed by atoms with Crippen LogP contribution in [0.5, 0.6) is 0 Å². The van der Waals surface area contributed by atoms with Gasteiger partial charge in [0.05, 0.1) is 11.3 Å². The summed E-state index contributed by atoms with van der Waals surface area (Å²) in [5, 5.41) is 3.50. The van der Waals surface area contributed by atoms with Crippen LogP contribution in [-0.2, 0) is 30.8 Å². The molecule has 0 radical (unpaired) electrons. The molecule has 0 aliphatic heterocycles. The number of sulfonamides is 1. The summed E-state index contributed by atoms with van der Waals surface area (Å²) in [4.78, 5) is 27.8. The molecule has 0 saturated carbocycles. The number of fused-ring (bicyclic) bond motifs is 1. The number of esters is 1. The number of H-pyrrole nitrogens is 1. The number of rotatable bonds is 7. The third-order valence-electron chi connectivity index (χ3n) is 4.57. The molecule has 9 heteroatoms. The molecule has 2 aromatic carbocycles. The molecule has 8 nitrogen and oxygen atoms in total. The summed E-state index contributed by atoms with van der Waals surface area (Å²) in [7, 11) is -0.775. The van der Waals surface area contributed by atoms with E-state index in [-0.39, 0.29) is 11.3 Å². The van der Waals surface area contributed by atoms with Crippen molar-refractivity contribution in [1.29, 1.82) is 0 Å². The van der Waals surface area contributed by atoms with Crippen LogP contribution in [-0.4, -0.2) is 49.8 Å². The first kappa shape index (κ1) is 21.5. The van der Waals surface area contributed by atoms with E-state index in [1.807, 2.05) is 24.3 Å². The van der Waals surface area contributed by atoms with Crippen LogP contribution in [0.3, 0.4) is 0 Å². The quantitative estimate of drug-likeness (QED) is 0.561. The molecule has 1 atom stereocenters. The van der Waals surface area contributed by atoms with Gasteiger partial charge in [-0.25, -0.2) is 12.7 Å². The van der Waals surface area contributed by atoms with Crippen molar-refractivity contribution in [2.24, 2.45) is 0 Å². The summed E-state index contributed by atoms with van der Waals surface area (Å²) in [6, 6.07) is 13.5. The Balaban J connectivity index is 1.63. The van der Waals surface area contributed by atoms with E-state index in [0.717, 1.165) is 20.8 Å². The number of hydrogen-bond donors (Lipinski definition) is 2. The van der Waals surface area contributed by atoms with Crippen LogP contribution < -0.4 is 5.32 Å². The molecular weight excluding hydrogens is 406 g/mol. The number of aromatic nitrogens is 1. The molecule has 0 aliphatic rings. The fourth-order valence-electron chi connectivity index (χ4n) is 2.91. The van der Waals surface area contributed by atoms with E-state index in [1.165, 1.54) is 39.2 Å². The van der Waals surface area contributed by atoms with Gasteiger partial charge in [0.25, 0.3) is 5.91 Å². The topological polar surface area (TPSA) is 109 Å². The van der Waals surface area contributed by atoms with Gasteiger partial charge in [-0.05, 0) is 36.8 Å². The standard InChI is InChI=1S/C21H23N3O5S/c1-14(29-20(25)11-15-13-22-19-10-5-4-9-18(15)19)21(26)23-16-7-6-8-17(12-16)30(27,28)24(2)3/h4-10,12-14,22H,11H2,1-3H3,(H,23,26). The number of hydrogen-bond acceptors (Lipinski definition) is 5. The molecular formula is C21H23N3O5S. The molecule has 0 fully saturated rings. The van der Waals surface area contributed by atoms with Gasteiger partial charge in [-0.2, -0.15) is 0 Å². The summed E-state index contributed by atoms with van der Waals surface area (Å²) < 4.78 is 30.8. The minimum Gasteiger partial charge on any atom is -0.452 e. The Bertz CT molecular complexity index is 1180. The van der Waals surface area contributed by atoms with Crippen LogP contribution in [0.25, 0.3) is 10.9 Å². The Morgan fingerprint density at radius 2 is 1.87 bits per heavy atom. The molecule has 1 aromatic heterocycles. The van der Waals surface area contributed by atoms with Crippen molar-refractivity contribution in [2.75, 3.05) is 19.4 Å². The maximum Gasteiger partial charge on any atom is 0.311 e. The molecule has 3 aromatic rings. The van der Waals surface area contributed by atoms with Gasteiger partial charge < -0.3 is 15.0 Å². The van der Waals surface area contributed by atoms with E-state index in [2.05, 4.69) is 10.3 Å². The van der Waals surface area contributed by atoms with Crippen molar-refractivity contribution in [3.8, 4) is 0 Å². The molecule has 0 saturated heterocycles. The zero-order chi connectivity index (χ0) is 21.9. The summed E-state index contributed by atoms with van der Waals surface area (Å²) >= 11 is 0. The monoisotopic (exact) mass is 429 g/mol. The van der Waals surface area contributed by atoms with E-state index in [1.54, 1.807) is 12.3 Å². The number of para-hydroxylation sites is 1. The van der Waals surface area contributed by atoms with E-state index >= 15 is 0 Å². The van der Waals surface area contributed by atoms with Gasteiger partial charge in [0.15, 0.2) is 6.10 Å². The number of ether oxygens (including phenoxy) is 1. The minimum absolute atomic E-state index is 0.0260. The average Bonchev–Trinajstić information content (AvgIpc) is 3.10. The first-order chi connectivity index (χ1) is 14.2. The second kappa shape index (κ2) is 8.68. The molecule has 158 valence electrons. The van der Waals surface area contributed by atoms with Crippen LogP contribution >= 0.6 is 0 Å². The Labute approximate surface area is 174 Å². The third-order valence-corrected chi connectivity index (χ3v) is 6.38. The number of benzene rings is 2. The number of carbonyl (C=O) groups is 2. The number of aromatic amines is 1. The van der Waals surface area contributed by atoms with Gasteiger partial charge >= 0.3 is 5.97 Å².